The number of nitrogens with one attached hydrogen (secondary N) is 1. The van der Waals surface area contributed by atoms with Gasteiger partial charge >= 0.3 is 24.3 Å². The average molecular weight is 654 g/mol. The van der Waals surface area contributed by atoms with Crippen molar-refractivity contribution in [3.8, 4) is 5.69 Å². The van der Waals surface area contributed by atoms with Crippen LogP contribution in [0.5, 0.6) is 0 Å². The van der Waals surface area contributed by atoms with Crippen molar-refractivity contribution in [3.05, 3.63) is 95.7 Å². The van der Waals surface area contributed by atoms with Gasteiger partial charge in [0, 0.05) is 43.8 Å². The van der Waals surface area contributed by atoms with E-state index in [4.69, 9.17) is 25.5 Å². The maximum absolute atomic E-state index is 11.7. The first-order valence-electron chi connectivity index (χ1n) is 13.5. The lowest BCUT2D eigenvalue weighted by atomic mass is 10.1. The molecule has 46 heavy (non-hydrogen) atoms. The maximum atomic E-state index is 11.7. The Hall–Kier alpha value is -4.96. The van der Waals surface area contributed by atoms with Gasteiger partial charge in [-0.15, -0.1) is 0 Å². The van der Waals surface area contributed by atoms with Crippen molar-refractivity contribution in [3.63, 3.8) is 0 Å². The zero-order valence-electron chi connectivity index (χ0n) is 23.9. The van der Waals surface area contributed by atoms with E-state index in [1.807, 2.05) is 18.3 Å². The Labute approximate surface area is 258 Å². The van der Waals surface area contributed by atoms with Gasteiger partial charge in [0.15, 0.2) is 0 Å². The van der Waals surface area contributed by atoms with E-state index in [0.717, 1.165) is 37.3 Å². The lowest BCUT2D eigenvalue weighted by molar-refractivity contribution is -0.193. The number of hydrogen-bond acceptors (Lipinski definition) is 6. The molecule has 0 aliphatic carbocycles. The van der Waals surface area contributed by atoms with E-state index in [9.17, 15) is 31.1 Å². The number of halogens is 6. The highest BCUT2D eigenvalue weighted by Crippen LogP contribution is 2.20. The second-order valence-corrected chi connectivity index (χ2v) is 10.0. The summed E-state index contributed by atoms with van der Waals surface area (Å²) < 4.78 is 65.3. The summed E-state index contributed by atoms with van der Waals surface area (Å²) in [5.41, 5.74) is 10.1. The van der Waals surface area contributed by atoms with Gasteiger partial charge in [-0.05, 0) is 35.7 Å². The van der Waals surface area contributed by atoms with E-state index >= 15 is 0 Å². The van der Waals surface area contributed by atoms with Crippen molar-refractivity contribution in [2.75, 3.05) is 13.1 Å². The number of rotatable bonds is 7. The Balaban J connectivity index is 0.000000345. The summed E-state index contributed by atoms with van der Waals surface area (Å²) in [6, 6.07) is 25.0. The van der Waals surface area contributed by atoms with Gasteiger partial charge in [-0.2, -0.15) is 31.4 Å². The minimum absolute atomic E-state index is 0.444. The van der Waals surface area contributed by atoms with Crippen molar-refractivity contribution < 1.29 is 50.9 Å². The van der Waals surface area contributed by atoms with Crippen molar-refractivity contribution >= 4 is 28.7 Å². The van der Waals surface area contributed by atoms with Crippen LogP contribution in [-0.2, 0) is 22.7 Å². The number of nitrogens with two attached hydrogens (primary N) is 1. The minimum Gasteiger partial charge on any atom is -0.475 e. The first-order valence-corrected chi connectivity index (χ1v) is 13.5. The van der Waals surface area contributed by atoms with Crippen LogP contribution in [0.2, 0.25) is 0 Å². The van der Waals surface area contributed by atoms with Crippen LogP contribution in [0.1, 0.15) is 27.9 Å². The lowest BCUT2D eigenvalue weighted by Crippen LogP contribution is -2.31. The van der Waals surface area contributed by atoms with Crippen molar-refractivity contribution in [2.24, 2.45) is 5.73 Å². The largest absolute Gasteiger partial charge is 0.490 e. The lowest BCUT2D eigenvalue weighted by Gasteiger charge is -2.17. The zero-order chi connectivity index (χ0) is 34.1. The number of carboxylic acids is 2. The summed E-state index contributed by atoms with van der Waals surface area (Å²) >= 11 is 0. The Morgan fingerprint density at radius 3 is 1.98 bits per heavy atom. The number of aromatic nitrogens is 2. The van der Waals surface area contributed by atoms with E-state index in [-0.39, 0.29) is 0 Å². The third kappa shape index (κ3) is 10.6. The summed E-state index contributed by atoms with van der Waals surface area (Å²) in [6.45, 7) is 4.07. The zero-order valence-corrected chi connectivity index (χ0v) is 23.9. The number of primary amides is 1. The van der Waals surface area contributed by atoms with Gasteiger partial charge in [-0.1, -0.05) is 54.6 Å². The van der Waals surface area contributed by atoms with E-state index in [0.29, 0.717) is 17.1 Å². The molecule has 16 heteroatoms. The number of carbonyl (C=O) groups is 3. The van der Waals surface area contributed by atoms with Crippen LogP contribution in [0, 0.1) is 0 Å². The fraction of sp³-hybridized carbons (Fsp3) is 0.267. The highest BCUT2D eigenvalue weighted by molar-refractivity contribution is 6.04. The number of nitrogens with zero attached hydrogens (tertiary/aromatic N) is 3. The molecule has 1 atom stereocenters. The molecule has 1 aliphatic rings. The molecule has 0 saturated carbocycles. The second kappa shape index (κ2) is 15.4. The van der Waals surface area contributed by atoms with Crippen LogP contribution < -0.4 is 11.1 Å². The number of carbonyl (C=O) groups excluding carboxylic acids is 1. The summed E-state index contributed by atoms with van der Waals surface area (Å²) in [5, 5.41) is 23.4. The van der Waals surface area contributed by atoms with E-state index in [2.05, 4.69) is 69.9 Å². The standard InChI is InChI=1S/C26H27N5O.2C2HF3O2/c27-26(32)24-8-4-7-21-17-31(29-25(21)24)23-11-9-19(10-12-23)15-28-22-13-14-30(18-22)16-20-5-2-1-3-6-20;2*3-2(4,5)1(6)7/h1-12,17,22,28H,13-16,18H2,(H2,27,32);2*(H,6,7). The van der Waals surface area contributed by atoms with Gasteiger partial charge in [-0.3, -0.25) is 9.69 Å². The number of aliphatic carboxylic acids is 2. The van der Waals surface area contributed by atoms with Gasteiger partial charge < -0.3 is 21.3 Å². The van der Waals surface area contributed by atoms with Gasteiger partial charge in [-0.25, -0.2) is 14.3 Å². The molecule has 1 fully saturated rings. The number of likely N-dealkylation sites (tertiary alicyclic amines) is 1. The van der Waals surface area contributed by atoms with Gasteiger partial charge in [0.1, 0.15) is 5.52 Å². The number of carboxylic acid groups (broad SMARTS) is 2. The smallest absolute Gasteiger partial charge is 0.475 e. The molecule has 10 nitrogen and oxygen atoms in total. The molecule has 0 spiro atoms. The van der Waals surface area contributed by atoms with Gasteiger partial charge in [0.05, 0.1) is 11.3 Å². The van der Waals surface area contributed by atoms with Crippen molar-refractivity contribution in [1.82, 2.24) is 20.0 Å². The highest BCUT2D eigenvalue weighted by atomic mass is 19.4. The molecular formula is C30H29F6N5O5. The first-order chi connectivity index (χ1) is 21.5. The molecule has 2 heterocycles. The molecule has 1 aromatic heterocycles. The maximum Gasteiger partial charge on any atom is 0.490 e. The number of benzene rings is 3. The highest BCUT2D eigenvalue weighted by Gasteiger charge is 2.38. The van der Waals surface area contributed by atoms with E-state index < -0.39 is 30.2 Å². The molecule has 1 aliphatic heterocycles. The molecule has 5 rings (SSSR count). The van der Waals surface area contributed by atoms with Crippen LogP contribution in [0.25, 0.3) is 16.6 Å². The number of fused-ring (bicyclic) bond motifs is 1. The third-order valence-electron chi connectivity index (χ3n) is 6.60. The minimum atomic E-state index is -5.08. The number of hydrogen-bond donors (Lipinski definition) is 4. The van der Waals surface area contributed by atoms with E-state index in [1.54, 1.807) is 10.7 Å². The van der Waals surface area contributed by atoms with Crippen LogP contribution in [0.3, 0.4) is 0 Å². The Bertz CT molecular complexity index is 1600. The molecule has 1 unspecified atom stereocenters. The number of alkyl halides is 6. The van der Waals surface area contributed by atoms with Gasteiger partial charge in [0.25, 0.3) is 5.91 Å². The second-order valence-electron chi connectivity index (χ2n) is 10.0. The SMILES string of the molecule is NC(=O)c1cccc2cn(-c3ccc(CNC4CCN(Cc5ccccc5)C4)cc3)nc12.O=C(O)C(F)(F)F.O=C(O)C(F)(F)F. The molecule has 0 bridgehead atoms. The van der Waals surface area contributed by atoms with E-state index in [1.165, 1.54) is 17.5 Å². The first kappa shape index (κ1) is 35.5. The molecule has 246 valence electrons. The van der Waals surface area contributed by atoms with Crippen molar-refractivity contribution in [1.29, 1.82) is 0 Å². The molecule has 5 N–H and O–H groups in total. The predicted octanol–water partition coefficient (Wildman–Crippen LogP) is 4.76. The molecule has 1 amide bonds. The molecule has 1 saturated heterocycles. The Morgan fingerprint density at radius 1 is 0.848 bits per heavy atom. The van der Waals surface area contributed by atoms with Crippen molar-refractivity contribution in [2.45, 2.75) is 37.9 Å². The quantitative estimate of drug-likeness (QED) is 0.209. The predicted molar refractivity (Wildman–Crippen MR) is 154 cm³/mol. The molecular weight excluding hydrogens is 624 g/mol. The van der Waals surface area contributed by atoms with Crippen LogP contribution >= 0.6 is 0 Å². The van der Waals surface area contributed by atoms with Crippen LogP contribution in [0.4, 0.5) is 26.3 Å². The third-order valence-corrected chi connectivity index (χ3v) is 6.60. The Kier molecular flexibility index (Phi) is 11.9. The summed E-state index contributed by atoms with van der Waals surface area (Å²) in [5.74, 6) is -5.98. The molecule has 4 aromatic rings. The Morgan fingerprint density at radius 2 is 1.43 bits per heavy atom. The van der Waals surface area contributed by atoms with Gasteiger partial charge in [0.2, 0.25) is 0 Å². The summed E-state index contributed by atoms with van der Waals surface area (Å²) in [4.78, 5) is 32.0. The number of amides is 1. The summed E-state index contributed by atoms with van der Waals surface area (Å²) in [7, 11) is 0. The van der Waals surface area contributed by atoms with Crippen LogP contribution in [0.15, 0.2) is 79.0 Å². The topological polar surface area (TPSA) is 151 Å². The summed E-state index contributed by atoms with van der Waals surface area (Å²) in [6.07, 6.45) is -7.07. The average Bonchev–Trinajstić information content (AvgIpc) is 3.63. The van der Waals surface area contributed by atoms with Crippen LogP contribution in [-0.4, -0.2) is 74.2 Å². The monoisotopic (exact) mass is 653 g/mol. The molecule has 3 aromatic carbocycles. The fourth-order valence-corrected chi connectivity index (χ4v) is 4.39. The normalized spacial score (nSPS) is 15.0. The fourth-order valence-electron chi connectivity index (χ4n) is 4.39. The molecule has 0 radical (unpaired) electrons.